The van der Waals surface area contributed by atoms with Gasteiger partial charge in [0.05, 0.1) is 17.5 Å². The van der Waals surface area contributed by atoms with E-state index in [4.69, 9.17) is 0 Å². The molecule has 1 aromatic carbocycles. The number of rotatable bonds is 7. The Hall–Kier alpha value is -1.37. The van der Waals surface area contributed by atoms with Crippen LogP contribution >= 0.6 is 11.8 Å². The van der Waals surface area contributed by atoms with Crippen molar-refractivity contribution in [2.75, 3.05) is 18.6 Å². The molecule has 1 unspecified atom stereocenters. The Balaban J connectivity index is 1.99. The van der Waals surface area contributed by atoms with E-state index in [2.05, 4.69) is 15.5 Å². The predicted molar refractivity (Wildman–Crippen MR) is 84.7 cm³/mol. The Morgan fingerprint density at radius 1 is 1.38 bits per heavy atom. The Kier molecular flexibility index (Phi) is 5.39. The molecular weight excluding hydrogens is 289 g/mol. The Bertz CT molecular complexity index is 569. The highest BCUT2D eigenvalue weighted by atomic mass is 32.2. The van der Waals surface area contributed by atoms with E-state index in [-0.39, 0.29) is 5.82 Å². The van der Waals surface area contributed by atoms with Crippen LogP contribution in [0.3, 0.4) is 0 Å². The largest absolute Gasteiger partial charge is 0.388 e. The van der Waals surface area contributed by atoms with Gasteiger partial charge in [-0.2, -0.15) is 16.9 Å². The number of hydrogen-bond donors (Lipinski definition) is 3. The maximum absolute atomic E-state index is 13.0. The van der Waals surface area contributed by atoms with Gasteiger partial charge in [0, 0.05) is 30.0 Å². The number of halogens is 1. The van der Waals surface area contributed by atoms with Gasteiger partial charge in [0.25, 0.3) is 0 Å². The third-order valence-corrected chi connectivity index (χ3v) is 4.04. The molecule has 0 amide bonds. The molecule has 0 aliphatic heterocycles. The standard InChI is InChI=1S/C15H20FN3OS/c1-15(20,10-21-2)9-17-7-12-8-18-19-14(12)11-3-5-13(16)6-4-11/h3-6,8,17,20H,7,9-10H2,1-2H3,(H,18,19). The highest BCUT2D eigenvalue weighted by Gasteiger charge is 2.19. The van der Waals surface area contributed by atoms with E-state index in [0.29, 0.717) is 18.8 Å². The third-order valence-electron chi connectivity index (χ3n) is 3.13. The molecular formula is C15H20FN3OS. The molecule has 21 heavy (non-hydrogen) atoms. The number of nitrogens with zero attached hydrogens (tertiary/aromatic N) is 1. The van der Waals surface area contributed by atoms with Gasteiger partial charge < -0.3 is 10.4 Å². The lowest BCUT2D eigenvalue weighted by atomic mass is 10.1. The summed E-state index contributed by atoms with van der Waals surface area (Å²) >= 11 is 1.61. The fourth-order valence-corrected chi connectivity index (χ4v) is 2.86. The van der Waals surface area contributed by atoms with E-state index in [1.165, 1.54) is 12.1 Å². The zero-order chi connectivity index (χ0) is 15.3. The van der Waals surface area contributed by atoms with Gasteiger partial charge in [-0.25, -0.2) is 4.39 Å². The van der Waals surface area contributed by atoms with Crippen molar-refractivity contribution in [1.29, 1.82) is 0 Å². The van der Waals surface area contributed by atoms with Crippen LogP contribution in [0, 0.1) is 5.82 Å². The van der Waals surface area contributed by atoms with Crippen LogP contribution < -0.4 is 5.32 Å². The van der Waals surface area contributed by atoms with Gasteiger partial charge in [-0.05, 0) is 37.4 Å². The van der Waals surface area contributed by atoms with Crippen molar-refractivity contribution in [3.63, 3.8) is 0 Å². The molecule has 0 bridgehead atoms. The summed E-state index contributed by atoms with van der Waals surface area (Å²) in [6.45, 7) is 2.91. The monoisotopic (exact) mass is 309 g/mol. The van der Waals surface area contributed by atoms with Crippen LogP contribution in [-0.2, 0) is 6.54 Å². The van der Waals surface area contributed by atoms with Crippen LogP contribution in [-0.4, -0.2) is 39.5 Å². The topological polar surface area (TPSA) is 60.9 Å². The molecule has 1 heterocycles. The van der Waals surface area contributed by atoms with E-state index in [1.807, 2.05) is 13.2 Å². The highest BCUT2D eigenvalue weighted by Crippen LogP contribution is 2.21. The zero-order valence-electron chi connectivity index (χ0n) is 12.2. The predicted octanol–water partition coefficient (Wildman–Crippen LogP) is 2.42. The summed E-state index contributed by atoms with van der Waals surface area (Å²) in [5.41, 5.74) is 2.01. The first-order valence-electron chi connectivity index (χ1n) is 6.72. The number of aromatic amines is 1. The van der Waals surface area contributed by atoms with Gasteiger partial charge >= 0.3 is 0 Å². The van der Waals surface area contributed by atoms with Crippen molar-refractivity contribution in [2.45, 2.75) is 19.1 Å². The number of aliphatic hydroxyl groups is 1. The van der Waals surface area contributed by atoms with Crippen molar-refractivity contribution in [2.24, 2.45) is 0 Å². The molecule has 3 N–H and O–H groups in total. The summed E-state index contributed by atoms with van der Waals surface area (Å²) in [7, 11) is 0. The van der Waals surface area contributed by atoms with Crippen LogP contribution in [0.25, 0.3) is 11.3 Å². The van der Waals surface area contributed by atoms with Crippen molar-refractivity contribution < 1.29 is 9.50 Å². The molecule has 0 aliphatic rings. The fraction of sp³-hybridized carbons (Fsp3) is 0.400. The van der Waals surface area contributed by atoms with Gasteiger partial charge in [0.2, 0.25) is 0 Å². The van der Waals surface area contributed by atoms with Crippen LogP contribution in [0.2, 0.25) is 0 Å². The Morgan fingerprint density at radius 2 is 2.10 bits per heavy atom. The van der Waals surface area contributed by atoms with Gasteiger partial charge in [-0.1, -0.05) is 0 Å². The lowest BCUT2D eigenvalue weighted by molar-refractivity contribution is 0.0846. The average Bonchev–Trinajstić information content (AvgIpc) is 2.88. The molecule has 4 nitrogen and oxygen atoms in total. The first kappa shape index (κ1) is 16.0. The maximum Gasteiger partial charge on any atom is 0.123 e. The smallest absolute Gasteiger partial charge is 0.123 e. The van der Waals surface area contributed by atoms with Crippen molar-refractivity contribution >= 4 is 11.8 Å². The summed E-state index contributed by atoms with van der Waals surface area (Å²) < 4.78 is 13.0. The first-order valence-corrected chi connectivity index (χ1v) is 8.11. The van der Waals surface area contributed by atoms with E-state index in [1.54, 1.807) is 30.1 Å². The Morgan fingerprint density at radius 3 is 2.76 bits per heavy atom. The molecule has 0 saturated heterocycles. The SMILES string of the molecule is CSCC(C)(O)CNCc1cn[nH]c1-c1ccc(F)cc1. The van der Waals surface area contributed by atoms with E-state index < -0.39 is 5.60 Å². The minimum absolute atomic E-state index is 0.258. The van der Waals surface area contributed by atoms with E-state index in [0.717, 1.165) is 16.8 Å². The van der Waals surface area contributed by atoms with Gasteiger partial charge in [0.15, 0.2) is 0 Å². The average molecular weight is 309 g/mol. The van der Waals surface area contributed by atoms with E-state index in [9.17, 15) is 9.50 Å². The number of H-pyrrole nitrogens is 1. The molecule has 0 aliphatic carbocycles. The highest BCUT2D eigenvalue weighted by molar-refractivity contribution is 7.98. The van der Waals surface area contributed by atoms with Crippen LogP contribution in [0.1, 0.15) is 12.5 Å². The minimum Gasteiger partial charge on any atom is -0.388 e. The molecule has 0 spiro atoms. The zero-order valence-corrected chi connectivity index (χ0v) is 13.0. The van der Waals surface area contributed by atoms with Crippen LogP contribution in [0.15, 0.2) is 30.5 Å². The maximum atomic E-state index is 13.0. The summed E-state index contributed by atoms with van der Waals surface area (Å²) in [6, 6.07) is 6.29. The van der Waals surface area contributed by atoms with Crippen LogP contribution in [0.4, 0.5) is 4.39 Å². The molecule has 1 aromatic heterocycles. The number of benzene rings is 1. The van der Waals surface area contributed by atoms with Gasteiger partial charge in [0.1, 0.15) is 5.82 Å². The normalized spacial score (nSPS) is 14.1. The number of hydrogen-bond acceptors (Lipinski definition) is 4. The number of thioether (sulfide) groups is 1. The summed E-state index contributed by atoms with van der Waals surface area (Å²) in [4.78, 5) is 0. The molecule has 0 fully saturated rings. The quantitative estimate of drug-likeness (QED) is 0.735. The molecule has 2 rings (SSSR count). The molecule has 114 valence electrons. The molecule has 6 heteroatoms. The summed E-state index contributed by atoms with van der Waals surface area (Å²) in [5, 5.41) is 20.3. The number of aromatic nitrogens is 2. The second kappa shape index (κ2) is 7.06. The van der Waals surface area contributed by atoms with Crippen LogP contribution in [0.5, 0.6) is 0 Å². The summed E-state index contributed by atoms with van der Waals surface area (Å²) in [6.07, 6.45) is 3.71. The minimum atomic E-state index is -0.737. The van der Waals surface area contributed by atoms with E-state index >= 15 is 0 Å². The van der Waals surface area contributed by atoms with Gasteiger partial charge in [-0.15, -0.1) is 0 Å². The lowest BCUT2D eigenvalue weighted by Crippen LogP contribution is -2.39. The lowest BCUT2D eigenvalue weighted by Gasteiger charge is -2.22. The van der Waals surface area contributed by atoms with Crippen molar-refractivity contribution in [3.05, 3.63) is 41.8 Å². The molecule has 2 aromatic rings. The number of nitrogens with one attached hydrogen (secondary N) is 2. The van der Waals surface area contributed by atoms with Crippen molar-refractivity contribution in [1.82, 2.24) is 15.5 Å². The molecule has 0 saturated carbocycles. The fourth-order valence-electron chi connectivity index (χ4n) is 2.14. The third kappa shape index (κ3) is 4.56. The second-order valence-electron chi connectivity index (χ2n) is 5.31. The molecule has 1 atom stereocenters. The summed E-state index contributed by atoms with van der Waals surface area (Å²) in [5.74, 6) is 0.419. The van der Waals surface area contributed by atoms with Crippen molar-refractivity contribution in [3.8, 4) is 11.3 Å². The Labute approximate surface area is 128 Å². The van der Waals surface area contributed by atoms with Gasteiger partial charge in [-0.3, -0.25) is 5.10 Å². The first-order chi connectivity index (χ1) is 10.0. The second-order valence-corrected chi connectivity index (χ2v) is 6.18. The molecule has 0 radical (unpaired) electrons.